The van der Waals surface area contributed by atoms with Gasteiger partial charge in [0.15, 0.2) is 0 Å². The van der Waals surface area contributed by atoms with Gasteiger partial charge in [0.05, 0.1) is 0 Å². The molecule has 0 radical (unpaired) electrons. The van der Waals surface area contributed by atoms with E-state index in [9.17, 15) is 0 Å². The molecule has 0 saturated carbocycles. The van der Waals surface area contributed by atoms with Gasteiger partial charge >= 0.3 is 8.80 Å². The minimum absolute atomic E-state index is 0.672. The summed E-state index contributed by atoms with van der Waals surface area (Å²) in [6.07, 6.45) is 4.07. The van der Waals surface area contributed by atoms with Gasteiger partial charge in [-0.3, -0.25) is 0 Å². The van der Waals surface area contributed by atoms with Crippen molar-refractivity contribution in [3.63, 3.8) is 0 Å². The zero-order valence-electron chi connectivity index (χ0n) is 9.97. The molecule has 0 atom stereocenters. The Morgan fingerprint density at radius 3 is 2.06 bits per heavy atom. The molecular formula is C12H18O3Si. The van der Waals surface area contributed by atoms with Crippen molar-refractivity contribution in [2.24, 2.45) is 0 Å². The van der Waals surface area contributed by atoms with Crippen LogP contribution in [0.2, 0.25) is 6.04 Å². The van der Waals surface area contributed by atoms with E-state index in [2.05, 4.69) is 0 Å². The quantitative estimate of drug-likeness (QED) is 0.713. The van der Waals surface area contributed by atoms with Crippen molar-refractivity contribution < 1.29 is 13.3 Å². The van der Waals surface area contributed by atoms with Gasteiger partial charge < -0.3 is 13.3 Å². The summed E-state index contributed by atoms with van der Waals surface area (Å²) in [6, 6.07) is 10.8. The lowest BCUT2D eigenvalue weighted by Gasteiger charge is -2.22. The molecular weight excluding hydrogens is 220 g/mol. The fourth-order valence-electron chi connectivity index (χ4n) is 1.40. The number of allylic oxidation sites excluding steroid dienone is 1. The van der Waals surface area contributed by atoms with Crippen molar-refractivity contribution in [3.05, 3.63) is 42.0 Å². The third kappa shape index (κ3) is 3.57. The summed E-state index contributed by atoms with van der Waals surface area (Å²) in [7, 11) is 2.40. The maximum Gasteiger partial charge on any atom is 0.504 e. The van der Waals surface area contributed by atoms with Crippen molar-refractivity contribution in [3.8, 4) is 0 Å². The predicted octanol–water partition coefficient (Wildman–Crippen LogP) is 2.58. The fourth-order valence-corrected chi connectivity index (χ4v) is 2.81. The molecule has 1 aromatic carbocycles. The molecule has 88 valence electrons. The molecule has 0 saturated heterocycles. The Morgan fingerprint density at radius 2 is 1.56 bits per heavy atom. The molecule has 1 aromatic rings. The summed E-state index contributed by atoms with van der Waals surface area (Å²) < 4.78 is 16.0. The first-order valence-electron chi connectivity index (χ1n) is 5.13. The van der Waals surface area contributed by atoms with Crippen LogP contribution in [-0.2, 0) is 13.3 Å². The first-order valence-corrected chi connectivity index (χ1v) is 7.06. The van der Waals surface area contributed by atoms with E-state index in [0.717, 1.165) is 5.56 Å². The Morgan fingerprint density at radius 1 is 1.00 bits per heavy atom. The van der Waals surface area contributed by atoms with Crippen LogP contribution in [0.15, 0.2) is 36.4 Å². The zero-order valence-corrected chi connectivity index (χ0v) is 11.0. The van der Waals surface area contributed by atoms with Crippen LogP contribution in [-0.4, -0.2) is 30.1 Å². The first kappa shape index (κ1) is 13.1. The van der Waals surface area contributed by atoms with Crippen LogP contribution < -0.4 is 0 Å². The highest BCUT2D eigenvalue weighted by Gasteiger charge is 2.35. The van der Waals surface area contributed by atoms with E-state index in [1.54, 1.807) is 21.3 Å². The molecule has 16 heavy (non-hydrogen) atoms. The van der Waals surface area contributed by atoms with Crippen LogP contribution in [0.5, 0.6) is 0 Å². The van der Waals surface area contributed by atoms with Gasteiger partial charge in [-0.1, -0.05) is 42.5 Å². The van der Waals surface area contributed by atoms with Crippen LogP contribution in [0.25, 0.3) is 6.08 Å². The summed E-state index contributed by atoms with van der Waals surface area (Å²) in [5.74, 6) is 0. The van der Waals surface area contributed by atoms with Crippen LogP contribution in [0.3, 0.4) is 0 Å². The minimum Gasteiger partial charge on any atom is -0.377 e. The van der Waals surface area contributed by atoms with Crippen molar-refractivity contribution in [2.75, 3.05) is 21.3 Å². The normalized spacial score (nSPS) is 12.2. The van der Waals surface area contributed by atoms with E-state index in [4.69, 9.17) is 13.3 Å². The van der Waals surface area contributed by atoms with E-state index in [0.29, 0.717) is 6.04 Å². The molecule has 0 aromatic heterocycles. The Hall–Kier alpha value is -0.943. The summed E-state index contributed by atoms with van der Waals surface area (Å²) in [6.45, 7) is 0. The lowest BCUT2D eigenvalue weighted by molar-refractivity contribution is 0.127. The maximum absolute atomic E-state index is 5.32. The SMILES string of the molecule is CO[Si](C/C=C/c1ccccc1)(OC)OC. The topological polar surface area (TPSA) is 27.7 Å². The zero-order chi connectivity index (χ0) is 11.9. The van der Waals surface area contributed by atoms with Crippen molar-refractivity contribution in [1.82, 2.24) is 0 Å². The largest absolute Gasteiger partial charge is 0.504 e. The Kier molecular flexibility index (Phi) is 5.41. The monoisotopic (exact) mass is 238 g/mol. The molecule has 0 heterocycles. The second-order valence-electron chi connectivity index (χ2n) is 3.31. The van der Waals surface area contributed by atoms with E-state index in [-0.39, 0.29) is 0 Å². The third-order valence-corrected chi connectivity index (χ3v) is 5.01. The van der Waals surface area contributed by atoms with Gasteiger partial charge in [0.25, 0.3) is 0 Å². The van der Waals surface area contributed by atoms with Gasteiger partial charge in [-0.25, -0.2) is 0 Å². The molecule has 3 nitrogen and oxygen atoms in total. The Labute approximate surface area is 98.0 Å². The second kappa shape index (κ2) is 6.60. The van der Waals surface area contributed by atoms with Crippen LogP contribution in [0.1, 0.15) is 5.56 Å². The molecule has 0 aliphatic carbocycles. The smallest absolute Gasteiger partial charge is 0.377 e. The highest BCUT2D eigenvalue weighted by molar-refractivity contribution is 6.61. The Balaban J connectivity index is 2.59. The lowest BCUT2D eigenvalue weighted by Crippen LogP contribution is -2.42. The molecule has 0 bridgehead atoms. The van der Waals surface area contributed by atoms with Crippen molar-refractivity contribution >= 4 is 14.9 Å². The van der Waals surface area contributed by atoms with Crippen molar-refractivity contribution in [1.29, 1.82) is 0 Å². The molecule has 0 fully saturated rings. The second-order valence-corrected chi connectivity index (χ2v) is 6.31. The van der Waals surface area contributed by atoms with Crippen molar-refractivity contribution in [2.45, 2.75) is 6.04 Å². The van der Waals surface area contributed by atoms with E-state index < -0.39 is 8.80 Å². The number of benzene rings is 1. The average molecular weight is 238 g/mol. The van der Waals surface area contributed by atoms with Crippen LogP contribution in [0.4, 0.5) is 0 Å². The van der Waals surface area contributed by atoms with Gasteiger partial charge in [-0.15, -0.1) is 0 Å². The fraction of sp³-hybridized carbons (Fsp3) is 0.333. The Bertz CT molecular complexity index is 312. The molecule has 0 amide bonds. The van der Waals surface area contributed by atoms with Crippen LogP contribution in [0, 0.1) is 0 Å². The van der Waals surface area contributed by atoms with E-state index in [1.165, 1.54) is 0 Å². The molecule has 0 N–H and O–H groups in total. The molecule has 1 rings (SSSR count). The van der Waals surface area contributed by atoms with Gasteiger partial charge in [-0.05, 0) is 5.56 Å². The minimum atomic E-state index is -2.46. The number of hydrogen-bond donors (Lipinski definition) is 0. The van der Waals surface area contributed by atoms with E-state index in [1.807, 2.05) is 42.5 Å². The van der Waals surface area contributed by atoms with Gasteiger partial charge in [0.2, 0.25) is 0 Å². The molecule has 0 aliphatic rings. The standard InChI is InChI=1S/C12H18O3Si/c1-13-16(14-2,15-3)11-7-10-12-8-5-4-6-9-12/h4-10H,11H2,1-3H3/b10-7+. The average Bonchev–Trinajstić information content (AvgIpc) is 2.37. The first-order chi connectivity index (χ1) is 7.76. The van der Waals surface area contributed by atoms with Gasteiger partial charge in [0.1, 0.15) is 0 Å². The van der Waals surface area contributed by atoms with Crippen LogP contribution >= 0.6 is 0 Å². The highest BCUT2D eigenvalue weighted by Crippen LogP contribution is 2.14. The van der Waals surface area contributed by atoms with E-state index >= 15 is 0 Å². The highest BCUT2D eigenvalue weighted by atomic mass is 28.4. The summed E-state index contributed by atoms with van der Waals surface area (Å²) in [4.78, 5) is 0. The summed E-state index contributed by atoms with van der Waals surface area (Å²) >= 11 is 0. The molecule has 0 aliphatic heterocycles. The summed E-state index contributed by atoms with van der Waals surface area (Å²) in [5.41, 5.74) is 1.16. The third-order valence-electron chi connectivity index (χ3n) is 2.41. The maximum atomic E-state index is 5.32. The molecule has 0 spiro atoms. The number of hydrogen-bond acceptors (Lipinski definition) is 3. The number of rotatable bonds is 6. The molecule has 4 heteroatoms. The van der Waals surface area contributed by atoms with Gasteiger partial charge in [-0.2, -0.15) is 0 Å². The lowest BCUT2D eigenvalue weighted by atomic mass is 10.2. The predicted molar refractivity (Wildman–Crippen MR) is 67.1 cm³/mol. The van der Waals surface area contributed by atoms with Gasteiger partial charge in [0, 0.05) is 27.4 Å². The summed E-state index contributed by atoms with van der Waals surface area (Å²) in [5, 5.41) is 0. The molecule has 0 unspecified atom stereocenters.